The standard InChI is InChI=1S/C13H22N2O2/c1-10-5-7-15-12(11(10)9-14)17-8-6-13(2,3)16-4/h5,7H,6,8-9,14H2,1-4H3. The number of pyridine rings is 1. The van der Waals surface area contributed by atoms with Gasteiger partial charge in [-0.15, -0.1) is 0 Å². The van der Waals surface area contributed by atoms with E-state index >= 15 is 0 Å². The smallest absolute Gasteiger partial charge is 0.218 e. The predicted molar refractivity (Wildman–Crippen MR) is 68.1 cm³/mol. The first-order valence-corrected chi connectivity index (χ1v) is 5.82. The van der Waals surface area contributed by atoms with Crippen molar-refractivity contribution in [3.63, 3.8) is 0 Å². The molecule has 0 spiro atoms. The Hall–Kier alpha value is -1.13. The molecule has 96 valence electrons. The van der Waals surface area contributed by atoms with Gasteiger partial charge in [-0.05, 0) is 32.4 Å². The second-order valence-corrected chi connectivity index (χ2v) is 4.68. The number of ether oxygens (including phenoxy) is 2. The average Bonchev–Trinajstić information content (AvgIpc) is 2.29. The molecule has 2 N–H and O–H groups in total. The number of nitrogens with zero attached hydrogens (tertiary/aromatic N) is 1. The van der Waals surface area contributed by atoms with Crippen molar-refractivity contribution >= 4 is 0 Å². The van der Waals surface area contributed by atoms with Crippen LogP contribution in [0.5, 0.6) is 5.88 Å². The molecule has 4 nitrogen and oxygen atoms in total. The lowest BCUT2D eigenvalue weighted by molar-refractivity contribution is 0.00500. The summed E-state index contributed by atoms with van der Waals surface area (Å²) in [5.74, 6) is 0.638. The van der Waals surface area contributed by atoms with E-state index in [9.17, 15) is 0 Å². The van der Waals surface area contributed by atoms with E-state index in [0.717, 1.165) is 17.5 Å². The Morgan fingerprint density at radius 1 is 1.41 bits per heavy atom. The molecule has 1 aromatic heterocycles. The molecule has 0 aliphatic carbocycles. The third-order valence-corrected chi connectivity index (χ3v) is 2.95. The number of rotatable bonds is 6. The van der Waals surface area contributed by atoms with Gasteiger partial charge in [-0.2, -0.15) is 0 Å². The molecule has 1 rings (SSSR count). The van der Waals surface area contributed by atoms with Gasteiger partial charge in [-0.25, -0.2) is 4.98 Å². The van der Waals surface area contributed by atoms with Crippen molar-refractivity contribution in [3.05, 3.63) is 23.4 Å². The Balaban J connectivity index is 2.61. The van der Waals surface area contributed by atoms with Crippen molar-refractivity contribution in [2.45, 2.75) is 39.3 Å². The zero-order chi connectivity index (χ0) is 12.9. The number of aryl methyl sites for hydroxylation is 1. The van der Waals surface area contributed by atoms with Crippen molar-refractivity contribution in [2.24, 2.45) is 5.73 Å². The molecule has 1 heterocycles. The van der Waals surface area contributed by atoms with Gasteiger partial charge in [0.2, 0.25) is 5.88 Å². The summed E-state index contributed by atoms with van der Waals surface area (Å²) in [4.78, 5) is 4.21. The number of nitrogens with two attached hydrogens (primary N) is 1. The van der Waals surface area contributed by atoms with Crippen LogP contribution in [0.2, 0.25) is 0 Å². The van der Waals surface area contributed by atoms with Crippen molar-refractivity contribution in [3.8, 4) is 5.88 Å². The molecule has 0 amide bonds. The summed E-state index contributed by atoms with van der Waals surface area (Å²) in [5.41, 5.74) is 7.61. The summed E-state index contributed by atoms with van der Waals surface area (Å²) >= 11 is 0. The van der Waals surface area contributed by atoms with Gasteiger partial charge in [0.1, 0.15) is 0 Å². The van der Waals surface area contributed by atoms with Crippen LogP contribution >= 0.6 is 0 Å². The number of hydrogen-bond donors (Lipinski definition) is 1. The SMILES string of the molecule is COC(C)(C)CCOc1nccc(C)c1CN. The van der Waals surface area contributed by atoms with Gasteiger partial charge in [0.05, 0.1) is 12.2 Å². The molecule has 1 aromatic rings. The minimum Gasteiger partial charge on any atom is -0.477 e. The molecule has 0 atom stereocenters. The summed E-state index contributed by atoms with van der Waals surface area (Å²) in [6.07, 6.45) is 2.55. The van der Waals surface area contributed by atoms with E-state index in [-0.39, 0.29) is 5.60 Å². The number of aromatic nitrogens is 1. The highest BCUT2D eigenvalue weighted by molar-refractivity contribution is 5.33. The fourth-order valence-electron chi connectivity index (χ4n) is 1.43. The van der Waals surface area contributed by atoms with Crippen molar-refractivity contribution in [2.75, 3.05) is 13.7 Å². The monoisotopic (exact) mass is 238 g/mol. The van der Waals surface area contributed by atoms with Crippen molar-refractivity contribution < 1.29 is 9.47 Å². The highest BCUT2D eigenvalue weighted by Gasteiger charge is 2.16. The second kappa shape index (κ2) is 5.98. The summed E-state index contributed by atoms with van der Waals surface area (Å²) < 4.78 is 11.0. The van der Waals surface area contributed by atoms with E-state index in [1.54, 1.807) is 13.3 Å². The Morgan fingerprint density at radius 2 is 2.12 bits per heavy atom. The summed E-state index contributed by atoms with van der Waals surface area (Å²) in [6, 6.07) is 1.94. The van der Waals surface area contributed by atoms with Crippen molar-refractivity contribution in [1.29, 1.82) is 0 Å². The summed E-state index contributed by atoms with van der Waals surface area (Å²) in [6.45, 7) is 7.09. The van der Waals surface area contributed by atoms with E-state index in [1.165, 1.54) is 0 Å². The highest BCUT2D eigenvalue weighted by atomic mass is 16.5. The van der Waals surface area contributed by atoms with Crippen LogP contribution in [0.25, 0.3) is 0 Å². The topological polar surface area (TPSA) is 57.4 Å². The molecule has 0 bridgehead atoms. The van der Waals surface area contributed by atoms with Crippen LogP contribution in [0, 0.1) is 6.92 Å². The van der Waals surface area contributed by atoms with Gasteiger partial charge in [0.25, 0.3) is 0 Å². The largest absolute Gasteiger partial charge is 0.477 e. The number of methoxy groups -OCH3 is 1. The van der Waals surface area contributed by atoms with Crippen LogP contribution in [0.3, 0.4) is 0 Å². The normalized spacial score (nSPS) is 11.6. The molecule has 0 aliphatic heterocycles. The fourth-order valence-corrected chi connectivity index (χ4v) is 1.43. The van der Waals surface area contributed by atoms with E-state index in [1.807, 2.05) is 26.8 Å². The molecule has 17 heavy (non-hydrogen) atoms. The van der Waals surface area contributed by atoms with Crippen LogP contribution in [-0.4, -0.2) is 24.3 Å². The van der Waals surface area contributed by atoms with Crippen LogP contribution in [0.1, 0.15) is 31.4 Å². The van der Waals surface area contributed by atoms with E-state index in [2.05, 4.69) is 4.98 Å². The maximum Gasteiger partial charge on any atom is 0.218 e. The molecule has 0 aromatic carbocycles. The van der Waals surface area contributed by atoms with E-state index in [0.29, 0.717) is 19.0 Å². The average molecular weight is 238 g/mol. The molecule has 0 saturated carbocycles. The minimum absolute atomic E-state index is 0.174. The maximum atomic E-state index is 5.69. The first-order valence-electron chi connectivity index (χ1n) is 5.82. The zero-order valence-electron chi connectivity index (χ0n) is 11.1. The Morgan fingerprint density at radius 3 is 2.71 bits per heavy atom. The fraction of sp³-hybridized carbons (Fsp3) is 0.615. The maximum absolute atomic E-state index is 5.69. The molecule has 0 saturated heterocycles. The molecule has 0 radical (unpaired) electrons. The zero-order valence-corrected chi connectivity index (χ0v) is 11.1. The summed E-state index contributed by atoms with van der Waals surface area (Å²) in [5, 5.41) is 0. The van der Waals surface area contributed by atoms with Crippen LogP contribution in [0.4, 0.5) is 0 Å². The minimum atomic E-state index is -0.174. The lowest BCUT2D eigenvalue weighted by atomic mass is 10.1. The van der Waals surface area contributed by atoms with Gasteiger partial charge in [0, 0.05) is 31.8 Å². The van der Waals surface area contributed by atoms with Gasteiger partial charge in [-0.1, -0.05) is 0 Å². The highest BCUT2D eigenvalue weighted by Crippen LogP contribution is 2.20. The van der Waals surface area contributed by atoms with Crippen LogP contribution < -0.4 is 10.5 Å². The van der Waals surface area contributed by atoms with Gasteiger partial charge < -0.3 is 15.2 Å². The van der Waals surface area contributed by atoms with Gasteiger partial charge >= 0.3 is 0 Å². The molecular weight excluding hydrogens is 216 g/mol. The van der Waals surface area contributed by atoms with E-state index in [4.69, 9.17) is 15.2 Å². The Bertz CT molecular complexity index is 364. The molecular formula is C13H22N2O2. The summed E-state index contributed by atoms with van der Waals surface area (Å²) in [7, 11) is 1.70. The Labute approximate surface area is 103 Å². The van der Waals surface area contributed by atoms with Crippen LogP contribution in [0.15, 0.2) is 12.3 Å². The number of hydrogen-bond acceptors (Lipinski definition) is 4. The quantitative estimate of drug-likeness (QED) is 0.824. The van der Waals surface area contributed by atoms with Crippen molar-refractivity contribution in [1.82, 2.24) is 4.98 Å². The Kier molecular flexibility index (Phi) is 4.90. The molecule has 0 aliphatic rings. The molecule has 0 fully saturated rings. The third kappa shape index (κ3) is 3.98. The predicted octanol–water partition coefficient (Wildman–Crippen LogP) is 2.04. The first-order chi connectivity index (χ1) is 8.00. The van der Waals surface area contributed by atoms with Gasteiger partial charge in [-0.3, -0.25) is 0 Å². The first kappa shape index (κ1) is 13.9. The lowest BCUT2D eigenvalue weighted by Gasteiger charge is -2.22. The van der Waals surface area contributed by atoms with E-state index < -0.39 is 0 Å². The molecule has 4 heteroatoms. The third-order valence-electron chi connectivity index (χ3n) is 2.95. The second-order valence-electron chi connectivity index (χ2n) is 4.68. The lowest BCUT2D eigenvalue weighted by Crippen LogP contribution is -2.25. The van der Waals surface area contributed by atoms with Crippen LogP contribution in [-0.2, 0) is 11.3 Å². The molecule has 0 unspecified atom stereocenters. The van der Waals surface area contributed by atoms with Gasteiger partial charge in [0.15, 0.2) is 0 Å².